The predicted molar refractivity (Wildman–Crippen MR) is 101 cm³/mol. The first kappa shape index (κ1) is 18.5. The van der Waals surface area contributed by atoms with E-state index in [2.05, 4.69) is 11.6 Å². The molecule has 0 radical (unpaired) electrons. The van der Waals surface area contributed by atoms with Crippen molar-refractivity contribution < 1.29 is 8.42 Å². The smallest absolute Gasteiger partial charge is 0.261 e. The average molecular weight is 346 g/mol. The van der Waals surface area contributed by atoms with Crippen molar-refractivity contribution in [3.05, 3.63) is 59.7 Å². The molecule has 0 aromatic heterocycles. The third-order valence-electron chi connectivity index (χ3n) is 4.11. The molecule has 130 valence electrons. The molecule has 0 atom stereocenters. The standard InChI is InChI=1S/C20H27NO2S/c1-3-4-5-6-7-8-18-11-13-19(14-12-18)21-24(22,23)20-15-9-17(2)10-16-20/h9-16,21H,3-8H2,1-2H3. The molecule has 0 saturated carbocycles. The molecule has 1 N–H and O–H groups in total. The van der Waals surface area contributed by atoms with Crippen molar-refractivity contribution in [3.8, 4) is 0 Å². The van der Waals surface area contributed by atoms with Gasteiger partial charge in [-0.3, -0.25) is 4.72 Å². The molecule has 0 amide bonds. The first-order valence-corrected chi connectivity index (χ1v) is 10.2. The fourth-order valence-corrected chi connectivity index (χ4v) is 3.66. The molecule has 0 fully saturated rings. The first-order valence-electron chi connectivity index (χ1n) is 8.69. The van der Waals surface area contributed by atoms with Gasteiger partial charge in [-0.25, -0.2) is 8.42 Å². The van der Waals surface area contributed by atoms with E-state index in [0.29, 0.717) is 5.69 Å². The second-order valence-corrected chi connectivity index (χ2v) is 7.96. The summed E-state index contributed by atoms with van der Waals surface area (Å²) in [6.45, 7) is 4.15. The van der Waals surface area contributed by atoms with Crippen LogP contribution in [-0.4, -0.2) is 8.42 Å². The Balaban J connectivity index is 1.92. The van der Waals surface area contributed by atoms with Crippen LogP contribution in [-0.2, 0) is 16.4 Å². The van der Waals surface area contributed by atoms with Gasteiger partial charge in [0.05, 0.1) is 4.90 Å². The van der Waals surface area contributed by atoms with E-state index in [1.807, 2.05) is 31.2 Å². The van der Waals surface area contributed by atoms with E-state index in [0.717, 1.165) is 12.0 Å². The van der Waals surface area contributed by atoms with Crippen molar-refractivity contribution in [1.82, 2.24) is 0 Å². The summed E-state index contributed by atoms with van der Waals surface area (Å²) < 4.78 is 27.4. The molecule has 0 aliphatic heterocycles. The molecule has 0 unspecified atom stereocenters. The monoisotopic (exact) mass is 345 g/mol. The van der Waals surface area contributed by atoms with Gasteiger partial charge in [0.15, 0.2) is 0 Å². The van der Waals surface area contributed by atoms with Gasteiger partial charge in [-0.15, -0.1) is 0 Å². The van der Waals surface area contributed by atoms with Crippen molar-refractivity contribution in [3.63, 3.8) is 0 Å². The Labute approximate surface area is 146 Å². The van der Waals surface area contributed by atoms with Crippen molar-refractivity contribution in [2.45, 2.75) is 57.3 Å². The quantitative estimate of drug-likeness (QED) is 0.626. The SMILES string of the molecule is CCCCCCCc1ccc(NS(=O)(=O)c2ccc(C)cc2)cc1. The molecule has 0 bridgehead atoms. The maximum absolute atomic E-state index is 12.4. The number of benzene rings is 2. The van der Waals surface area contributed by atoms with Gasteiger partial charge < -0.3 is 0 Å². The number of rotatable bonds is 9. The Hall–Kier alpha value is -1.81. The predicted octanol–water partition coefficient (Wildman–Crippen LogP) is 5.31. The molecular formula is C20H27NO2S. The maximum atomic E-state index is 12.4. The highest BCUT2D eigenvalue weighted by Crippen LogP contribution is 2.18. The molecule has 0 heterocycles. The highest BCUT2D eigenvalue weighted by molar-refractivity contribution is 7.92. The Morgan fingerprint density at radius 3 is 2.08 bits per heavy atom. The summed E-state index contributed by atoms with van der Waals surface area (Å²) in [4.78, 5) is 0.285. The molecule has 0 aliphatic carbocycles. The molecule has 0 saturated heterocycles. The summed E-state index contributed by atoms with van der Waals surface area (Å²) in [6.07, 6.45) is 7.36. The summed E-state index contributed by atoms with van der Waals surface area (Å²) >= 11 is 0. The van der Waals surface area contributed by atoms with Crippen molar-refractivity contribution in [2.75, 3.05) is 4.72 Å². The number of aryl methyl sites for hydroxylation is 2. The van der Waals surface area contributed by atoms with Gasteiger partial charge in [-0.05, 0) is 49.6 Å². The summed E-state index contributed by atoms with van der Waals surface area (Å²) in [5.74, 6) is 0. The molecule has 2 rings (SSSR count). The van der Waals surface area contributed by atoms with Crippen LogP contribution in [0.1, 0.15) is 50.2 Å². The second-order valence-electron chi connectivity index (χ2n) is 6.28. The summed E-state index contributed by atoms with van der Waals surface area (Å²) in [7, 11) is -3.52. The van der Waals surface area contributed by atoms with Crippen molar-refractivity contribution in [2.24, 2.45) is 0 Å². The molecule has 0 spiro atoms. The number of hydrogen-bond acceptors (Lipinski definition) is 2. The van der Waals surface area contributed by atoms with E-state index in [1.54, 1.807) is 24.3 Å². The molecule has 3 nitrogen and oxygen atoms in total. The lowest BCUT2D eigenvalue weighted by Gasteiger charge is -2.09. The highest BCUT2D eigenvalue weighted by Gasteiger charge is 2.13. The van der Waals surface area contributed by atoms with E-state index in [4.69, 9.17) is 0 Å². The van der Waals surface area contributed by atoms with Crippen LogP contribution in [0.2, 0.25) is 0 Å². The van der Waals surface area contributed by atoms with Crippen LogP contribution in [0.5, 0.6) is 0 Å². The molecule has 4 heteroatoms. The topological polar surface area (TPSA) is 46.2 Å². The number of hydrogen-bond donors (Lipinski definition) is 1. The fraction of sp³-hybridized carbons (Fsp3) is 0.400. The van der Waals surface area contributed by atoms with E-state index >= 15 is 0 Å². The number of nitrogens with one attached hydrogen (secondary N) is 1. The van der Waals surface area contributed by atoms with Gasteiger partial charge in [0.1, 0.15) is 0 Å². The minimum atomic E-state index is -3.52. The van der Waals surface area contributed by atoms with Gasteiger partial charge in [0.2, 0.25) is 0 Å². The average Bonchev–Trinajstić information content (AvgIpc) is 2.56. The first-order chi connectivity index (χ1) is 11.5. The lowest BCUT2D eigenvalue weighted by atomic mass is 10.1. The van der Waals surface area contributed by atoms with E-state index in [-0.39, 0.29) is 4.90 Å². The zero-order valence-corrected chi connectivity index (χ0v) is 15.4. The van der Waals surface area contributed by atoms with Crippen LogP contribution >= 0.6 is 0 Å². The van der Waals surface area contributed by atoms with Gasteiger partial charge in [-0.2, -0.15) is 0 Å². The van der Waals surface area contributed by atoms with E-state index in [1.165, 1.54) is 37.7 Å². The number of anilines is 1. The Morgan fingerprint density at radius 2 is 1.46 bits per heavy atom. The zero-order chi connectivity index (χ0) is 17.4. The molecule has 2 aromatic carbocycles. The molecular weight excluding hydrogens is 318 g/mol. The van der Waals surface area contributed by atoms with Gasteiger partial charge in [0.25, 0.3) is 10.0 Å². The van der Waals surface area contributed by atoms with Crippen molar-refractivity contribution in [1.29, 1.82) is 0 Å². The third kappa shape index (κ3) is 5.68. The van der Waals surface area contributed by atoms with Gasteiger partial charge in [0, 0.05) is 5.69 Å². The summed E-state index contributed by atoms with van der Waals surface area (Å²) in [5, 5.41) is 0. The summed E-state index contributed by atoms with van der Waals surface area (Å²) in [5.41, 5.74) is 2.90. The van der Waals surface area contributed by atoms with Crippen LogP contribution in [0.3, 0.4) is 0 Å². The van der Waals surface area contributed by atoms with Crippen LogP contribution in [0.15, 0.2) is 53.4 Å². The van der Waals surface area contributed by atoms with Crippen LogP contribution in [0.4, 0.5) is 5.69 Å². The molecule has 24 heavy (non-hydrogen) atoms. The van der Waals surface area contributed by atoms with Crippen LogP contribution in [0, 0.1) is 6.92 Å². The minimum absolute atomic E-state index is 0.285. The zero-order valence-electron chi connectivity index (χ0n) is 14.6. The normalized spacial score (nSPS) is 11.4. The van der Waals surface area contributed by atoms with Gasteiger partial charge >= 0.3 is 0 Å². The lowest BCUT2D eigenvalue weighted by molar-refractivity contribution is 0.601. The van der Waals surface area contributed by atoms with E-state index < -0.39 is 10.0 Å². The van der Waals surface area contributed by atoms with E-state index in [9.17, 15) is 8.42 Å². The van der Waals surface area contributed by atoms with Gasteiger partial charge in [-0.1, -0.05) is 62.4 Å². The second kappa shape index (κ2) is 8.88. The van der Waals surface area contributed by atoms with Crippen LogP contribution < -0.4 is 4.72 Å². The summed E-state index contributed by atoms with van der Waals surface area (Å²) in [6, 6.07) is 14.6. The fourth-order valence-electron chi connectivity index (χ4n) is 2.60. The lowest BCUT2D eigenvalue weighted by Crippen LogP contribution is -2.12. The number of sulfonamides is 1. The largest absolute Gasteiger partial charge is 0.280 e. The van der Waals surface area contributed by atoms with Crippen molar-refractivity contribution >= 4 is 15.7 Å². The Morgan fingerprint density at radius 1 is 0.833 bits per heavy atom. The third-order valence-corrected chi connectivity index (χ3v) is 5.50. The molecule has 0 aliphatic rings. The highest BCUT2D eigenvalue weighted by atomic mass is 32.2. The maximum Gasteiger partial charge on any atom is 0.261 e. The number of unbranched alkanes of at least 4 members (excludes halogenated alkanes) is 4. The van der Waals surface area contributed by atoms with Crippen LogP contribution in [0.25, 0.3) is 0 Å². The molecule has 2 aromatic rings. The Kier molecular flexibility index (Phi) is 6.85. The Bertz CT molecular complexity index is 719. The minimum Gasteiger partial charge on any atom is -0.280 e.